The average Bonchev–Trinajstić information content (AvgIpc) is 3.65. The van der Waals surface area contributed by atoms with Gasteiger partial charge in [0.05, 0.1) is 29.2 Å². The first-order valence-electron chi connectivity index (χ1n) is 13.7. The number of aromatic amines is 1. The van der Waals surface area contributed by atoms with Crippen LogP contribution in [0.15, 0.2) is 30.4 Å². The van der Waals surface area contributed by atoms with Crippen LogP contribution in [0, 0.1) is 19.7 Å². The molecule has 0 spiro atoms. The molecule has 0 amide bonds. The van der Waals surface area contributed by atoms with E-state index in [4.69, 9.17) is 9.72 Å². The summed E-state index contributed by atoms with van der Waals surface area (Å²) in [7, 11) is 0. The maximum atomic E-state index is 16.5. The summed E-state index contributed by atoms with van der Waals surface area (Å²) in [4.78, 5) is 18.2. The zero-order chi connectivity index (χ0) is 26.7. The molecule has 1 aromatic carbocycles. The van der Waals surface area contributed by atoms with Crippen molar-refractivity contribution in [3.8, 4) is 17.3 Å². The van der Waals surface area contributed by atoms with Gasteiger partial charge >= 0.3 is 6.01 Å². The molecule has 39 heavy (non-hydrogen) atoms. The Morgan fingerprint density at radius 3 is 2.67 bits per heavy atom. The fourth-order valence-corrected chi connectivity index (χ4v) is 6.68. The Morgan fingerprint density at radius 1 is 1.05 bits per heavy atom. The molecular formula is C29H31F2N7O. The zero-order valence-corrected chi connectivity index (χ0v) is 22.2. The quantitative estimate of drug-likeness (QED) is 0.370. The summed E-state index contributed by atoms with van der Waals surface area (Å²) in [6.07, 6.45) is 9.86. The van der Waals surface area contributed by atoms with Crippen LogP contribution >= 0.6 is 0 Å². The molecule has 202 valence electrons. The van der Waals surface area contributed by atoms with Gasteiger partial charge in [0.1, 0.15) is 29.5 Å². The van der Waals surface area contributed by atoms with Gasteiger partial charge < -0.3 is 9.64 Å². The molecule has 4 aromatic rings. The van der Waals surface area contributed by atoms with Crippen molar-refractivity contribution >= 4 is 27.6 Å². The van der Waals surface area contributed by atoms with Crippen molar-refractivity contribution in [3.63, 3.8) is 0 Å². The van der Waals surface area contributed by atoms with Crippen LogP contribution in [0.25, 0.3) is 33.1 Å². The number of benzene rings is 1. The van der Waals surface area contributed by atoms with Gasteiger partial charge in [0, 0.05) is 23.7 Å². The van der Waals surface area contributed by atoms with Crippen molar-refractivity contribution < 1.29 is 13.5 Å². The first-order valence-corrected chi connectivity index (χ1v) is 13.7. The van der Waals surface area contributed by atoms with Gasteiger partial charge in [-0.3, -0.25) is 15.0 Å². The van der Waals surface area contributed by atoms with E-state index in [2.05, 4.69) is 25.1 Å². The molecule has 0 bridgehead atoms. The van der Waals surface area contributed by atoms with Gasteiger partial charge in [0.15, 0.2) is 5.82 Å². The molecule has 0 unspecified atom stereocenters. The standard InChI is InChI=1S/C29H31F2N7O/c1-17-12-22-20(14-33-36-22)23(18(17)2)26-24(31)25-21(13-32-26)27(37-9-3-6-19(30)15-37)35-28(34-25)39-16-29-7-4-10-38(29)11-5-8-29/h6,12-14H,3-5,7-11,15-16H2,1-2H3,(H,33,36). The van der Waals surface area contributed by atoms with E-state index in [0.29, 0.717) is 36.3 Å². The van der Waals surface area contributed by atoms with Crippen LogP contribution in [0.4, 0.5) is 14.6 Å². The van der Waals surface area contributed by atoms with E-state index in [1.165, 1.54) is 0 Å². The molecule has 3 aliphatic heterocycles. The maximum Gasteiger partial charge on any atom is 0.319 e. The predicted molar refractivity (Wildman–Crippen MR) is 146 cm³/mol. The van der Waals surface area contributed by atoms with Crippen LogP contribution in [0.1, 0.15) is 43.2 Å². The summed E-state index contributed by atoms with van der Waals surface area (Å²) in [5.41, 5.74) is 3.74. The van der Waals surface area contributed by atoms with Gasteiger partial charge in [-0.05, 0) is 82.3 Å². The van der Waals surface area contributed by atoms with Crippen LogP contribution in [0.5, 0.6) is 6.01 Å². The molecule has 3 aliphatic rings. The molecule has 10 heteroatoms. The third-order valence-corrected chi connectivity index (χ3v) is 8.83. The number of fused-ring (bicyclic) bond motifs is 3. The van der Waals surface area contributed by atoms with Crippen molar-refractivity contribution in [1.82, 2.24) is 30.0 Å². The van der Waals surface area contributed by atoms with E-state index in [1.807, 2.05) is 24.8 Å². The number of nitrogens with one attached hydrogen (secondary N) is 1. The van der Waals surface area contributed by atoms with Crippen molar-refractivity contribution in [2.24, 2.45) is 0 Å². The molecule has 6 heterocycles. The maximum absolute atomic E-state index is 16.5. The summed E-state index contributed by atoms with van der Waals surface area (Å²) in [5.74, 6) is -0.339. The van der Waals surface area contributed by atoms with Gasteiger partial charge in [-0.2, -0.15) is 15.1 Å². The summed E-state index contributed by atoms with van der Waals surface area (Å²) < 4.78 is 37.1. The molecule has 3 aromatic heterocycles. The van der Waals surface area contributed by atoms with Crippen molar-refractivity contribution in [3.05, 3.63) is 47.3 Å². The second-order valence-corrected chi connectivity index (χ2v) is 11.1. The van der Waals surface area contributed by atoms with Crippen LogP contribution in [0.2, 0.25) is 0 Å². The summed E-state index contributed by atoms with van der Waals surface area (Å²) in [6, 6.07) is 2.12. The molecular weight excluding hydrogens is 500 g/mol. The van der Waals surface area contributed by atoms with E-state index < -0.39 is 5.82 Å². The van der Waals surface area contributed by atoms with Gasteiger partial charge in [-0.1, -0.05) is 0 Å². The van der Waals surface area contributed by atoms with Crippen LogP contribution in [-0.4, -0.2) is 68.4 Å². The molecule has 0 atom stereocenters. The smallest absolute Gasteiger partial charge is 0.319 e. The Balaban J connectivity index is 1.37. The van der Waals surface area contributed by atoms with Gasteiger partial charge in [0.25, 0.3) is 0 Å². The second kappa shape index (κ2) is 9.22. The number of ether oxygens (including phenoxy) is 1. The Morgan fingerprint density at radius 2 is 1.87 bits per heavy atom. The highest BCUT2D eigenvalue weighted by Gasteiger charge is 2.45. The number of nitrogens with zero attached hydrogens (tertiary/aromatic N) is 6. The van der Waals surface area contributed by atoms with Crippen LogP contribution in [-0.2, 0) is 0 Å². The summed E-state index contributed by atoms with van der Waals surface area (Å²) in [5, 5.41) is 8.39. The predicted octanol–water partition coefficient (Wildman–Crippen LogP) is 5.39. The van der Waals surface area contributed by atoms with E-state index in [1.54, 1.807) is 18.5 Å². The number of H-pyrrole nitrogens is 1. The lowest BCUT2D eigenvalue weighted by molar-refractivity contribution is 0.108. The Labute approximate surface area is 225 Å². The van der Waals surface area contributed by atoms with Gasteiger partial charge in [-0.25, -0.2) is 8.78 Å². The van der Waals surface area contributed by atoms with Crippen LogP contribution < -0.4 is 9.64 Å². The largest absolute Gasteiger partial charge is 0.461 e. The van der Waals surface area contributed by atoms with E-state index in [-0.39, 0.29) is 35.1 Å². The van der Waals surface area contributed by atoms with Gasteiger partial charge in [-0.15, -0.1) is 0 Å². The van der Waals surface area contributed by atoms with Crippen molar-refractivity contribution in [2.75, 3.05) is 37.7 Å². The van der Waals surface area contributed by atoms with Crippen LogP contribution in [0.3, 0.4) is 0 Å². The molecule has 2 fully saturated rings. The highest BCUT2D eigenvalue weighted by atomic mass is 19.1. The fraction of sp³-hybridized carbons (Fsp3) is 0.448. The minimum atomic E-state index is -0.549. The monoisotopic (exact) mass is 531 g/mol. The topological polar surface area (TPSA) is 83.1 Å². The highest BCUT2D eigenvalue weighted by molar-refractivity contribution is 5.99. The number of hydrogen-bond acceptors (Lipinski definition) is 7. The van der Waals surface area contributed by atoms with E-state index in [0.717, 1.165) is 60.8 Å². The first-order chi connectivity index (χ1) is 18.9. The zero-order valence-electron chi connectivity index (χ0n) is 22.2. The average molecular weight is 532 g/mol. The summed E-state index contributed by atoms with van der Waals surface area (Å²) >= 11 is 0. The normalized spacial score (nSPS) is 19.2. The van der Waals surface area contributed by atoms with Gasteiger partial charge in [0.2, 0.25) is 0 Å². The molecule has 0 aliphatic carbocycles. The lowest BCUT2D eigenvalue weighted by atomic mass is 9.95. The Hall–Kier alpha value is -3.66. The molecule has 0 saturated carbocycles. The highest BCUT2D eigenvalue weighted by Crippen LogP contribution is 2.40. The Kier molecular flexibility index (Phi) is 5.77. The number of pyridine rings is 1. The number of aryl methyl sites for hydroxylation is 1. The summed E-state index contributed by atoms with van der Waals surface area (Å²) in [6.45, 7) is 7.18. The fourth-order valence-electron chi connectivity index (χ4n) is 6.68. The molecule has 2 saturated heterocycles. The lowest BCUT2D eigenvalue weighted by Gasteiger charge is -2.31. The minimum absolute atomic E-state index is 0.00797. The number of anilines is 1. The van der Waals surface area contributed by atoms with E-state index in [9.17, 15) is 4.39 Å². The number of halogens is 2. The van der Waals surface area contributed by atoms with Crippen molar-refractivity contribution in [2.45, 2.75) is 51.5 Å². The second-order valence-electron chi connectivity index (χ2n) is 11.1. The van der Waals surface area contributed by atoms with Crippen molar-refractivity contribution in [1.29, 1.82) is 0 Å². The number of rotatable bonds is 5. The number of aromatic nitrogens is 5. The molecule has 0 radical (unpaired) electrons. The van der Waals surface area contributed by atoms with E-state index >= 15 is 4.39 Å². The minimum Gasteiger partial charge on any atom is -0.461 e. The molecule has 1 N–H and O–H groups in total. The Bertz CT molecular complexity index is 1620. The number of hydrogen-bond donors (Lipinski definition) is 1. The lowest BCUT2D eigenvalue weighted by Crippen LogP contribution is -2.43. The molecule has 8 nitrogen and oxygen atoms in total. The third-order valence-electron chi connectivity index (χ3n) is 8.83. The third kappa shape index (κ3) is 3.95. The first kappa shape index (κ1) is 24.4. The molecule has 7 rings (SSSR count). The SMILES string of the molecule is Cc1cc2[nH]ncc2c(-c2ncc3c(N4CCC=C(F)C4)nc(OCC45CCCN4CCC5)nc3c2F)c1C.